The lowest BCUT2D eigenvalue weighted by Crippen LogP contribution is -2.55. The first-order valence-electron chi connectivity index (χ1n) is 12.3. The van der Waals surface area contributed by atoms with Gasteiger partial charge in [0, 0.05) is 6.42 Å². The number of aliphatic hydroxyl groups is 1. The predicted octanol–water partition coefficient (Wildman–Crippen LogP) is 6.40. The molecular formula is C26H44O2. The minimum absolute atomic E-state index is 0.356. The van der Waals surface area contributed by atoms with E-state index in [-0.39, 0.29) is 0 Å². The maximum Gasteiger partial charge on any atom is 0.129 e. The molecule has 0 aliphatic heterocycles. The quantitative estimate of drug-likeness (QED) is 0.605. The third kappa shape index (κ3) is 3.30. The fourth-order valence-corrected chi connectivity index (χ4v) is 9.04. The lowest BCUT2D eigenvalue weighted by Gasteiger charge is -2.62. The summed E-state index contributed by atoms with van der Waals surface area (Å²) in [6.07, 6.45) is 13.5. The monoisotopic (exact) mass is 388 g/mol. The molecule has 0 radical (unpaired) electrons. The molecule has 28 heavy (non-hydrogen) atoms. The highest BCUT2D eigenvalue weighted by atomic mass is 16.3. The number of ketones is 1. The van der Waals surface area contributed by atoms with E-state index in [4.69, 9.17) is 0 Å². The molecule has 0 bridgehead atoms. The molecule has 0 saturated heterocycles. The Bertz CT molecular complexity index is 610. The van der Waals surface area contributed by atoms with Crippen LogP contribution in [0.2, 0.25) is 0 Å². The van der Waals surface area contributed by atoms with Gasteiger partial charge in [-0.15, -0.1) is 0 Å². The van der Waals surface area contributed by atoms with Crippen molar-refractivity contribution < 1.29 is 9.90 Å². The Kier molecular flexibility index (Phi) is 5.30. The number of Topliss-reactive ketones (excluding diaryl/α,β-unsaturated/α-hetero) is 1. The average Bonchev–Trinajstić information content (AvgIpc) is 2.97. The number of carbonyl (C=O) groups excluding carboxylic acids is 1. The Labute approximate surface area is 173 Å². The van der Waals surface area contributed by atoms with Gasteiger partial charge in [0.1, 0.15) is 5.78 Å². The second kappa shape index (κ2) is 7.10. The standard InChI is InChI=1S/C26H44O2/c1-17(6-7-18(2)27)21-10-11-22-20-9-8-19-16-24(3,28)14-15-25(19,4)23(20)12-13-26(21,22)5/h17,19-23,28H,6-16H2,1-5H3/t17-,19-,20+,21-,22+,23+,24+,25+,26-/m1/s1. The third-order valence-corrected chi connectivity index (χ3v) is 10.7. The number of hydrogen-bond donors (Lipinski definition) is 1. The topological polar surface area (TPSA) is 37.3 Å². The fraction of sp³-hybridized carbons (Fsp3) is 0.962. The summed E-state index contributed by atoms with van der Waals surface area (Å²) < 4.78 is 0. The van der Waals surface area contributed by atoms with Crippen molar-refractivity contribution in [3.8, 4) is 0 Å². The van der Waals surface area contributed by atoms with Crippen LogP contribution in [-0.4, -0.2) is 16.5 Å². The number of hydrogen-bond acceptors (Lipinski definition) is 2. The molecule has 0 amide bonds. The van der Waals surface area contributed by atoms with Crippen molar-refractivity contribution in [2.45, 2.75) is 111 Å². The van der Waals surface area contributed by atoms with E-state index >= 15 is 0 Å². The van der Waals surface area contributed by atoms with Crippen LogP contribution in [0.15, 0.2) is 0 Å². The zero-order valence-corrected chi connectivity index (χ0v) is 19.1. The van der Waals surface area contributed by atoms with Gasteiger partial charge in [-0.25, -0.2) is 0 Å². The highest BCUT2D eigenvalue weighted by Crippen LogP contribution is 2.68. The normalized spacial score (nSPS) is 51.7. The van der Waals surface area contributed by atoms with Crippen molar-refractivity contribution in [3.05, 3.63) is 0 Å². The van der Waals surface area contributed by atoms with E-state index in [1.165, 1.54) is 44.9 Å². The summed E-state index contributed by atoms with van der Waals surface area (Å²) in [6, 6.07) is 0. The van der Waals surface area contributed by atoms with E-state index < -0.39 is 5.60 Å². The van der Waals surface area contributed by atoms with Crippen molar-refractivity contribution in [1.29, 1.82) is 0 Å². The molecule has 0 aromatic rings. The Morgan fingerprint density at radius 3 is 2.39 bits per heavy atom. The summed E-state index contributed by atoms with van der Waals surface area (Å²) in [4.78, 5) is 11.5. The smallest absolute Gasteiger partial charge is 0.129 e. The van der Waals surface area contributed by atoms with Crippen LogP contribution in [0.5, 0.6) is 0 Å². The minimum atomic E-state index is -0.426. The molecule has 4 rings (SSSR count). The molecule has 0 aromatic carbocycles. The summed E-state index contributed by atoms with van der Waals surface area (Å²) in [6.45, 7) is 11.5. The Morgan fingerprint density at radius 2 is 1.68 bits per heavy atom. The molecule has 9 atom stereocenters. The first-order chi connectivity index (χ1) is 13.1. The first kappa shape index (κ1) is 20.9. The van der Waals surface area contributed by atoms with Crippen LogP contribution in [0.1, 0.15) is 105 Å². The second-order valence-corrected chi connectivity index (χ2v) is 12.3. The Morgan fingerprint density at radius 1 is 0.964 bits per heavy atom. The van der Waals surface area contributed by atoms with Crippen LogP contribution >= 0.6 is 0 Å². The lowest BCUT2D eigenvalue weighted by molar-refractivity contribution is -0.148. The summed E-state index contributed by atoms with van der Waals surface area (Å²) in [5.41, 5.74) is 0.538. The molecule has 4 aliphatic rings. The molecule has 4 aliphatic carbocycles. The second-order valence-electron chi connectivity index (χ2n) is 12.3. The SMILES string of the molecule is CC(=O)CC[C@@H](C)[C@H]1CC[C@H]2[C@@H]3CC[C@@H]4C[C@@](C)(O)CC[C@]4(C)[C@H]3CC[C@]12C. The molecule has 1 N–H and O–H groups in total. The van der Waals surface area contributed by atoms with Crippen molar-refractivity contribution >= 4 is 5.78 Å². The average molecular weight is 389 g/mol. The van der Waals surface area contributed by atoms with Crippen LogP contribution < -0.4 is 0 Å². The summed E-state index contributed by atoms with van der Waals surface area (Å²) >= 11 is 0. The van der Waals surface area contributed by atoms with E-state index in [0.717, 1.165) is 55.3 Å². The highest BCUT2D eigenvalue weighted by molar-refractivity contribution is 5.75. The van der Waals surface area contributed by atoms with Gasteiger partial charge >= 0.3 is 0 Å². The van der Waals surface area contributed by atoms with Crippen molar-refractivity contribution in [2.75, 3.05) is 0 Å². The summed E-state index contributed by atoms with van der Waals surface area (Å²) in [5.74, 6) is 5.28. The van der Waals surface area contributed by atoms with Gasteiger partial charge in [-0.1, -0.05) is 20.8 Å². The van der Waals surface area contributed by atoms with Crippen LogP contribution in [-0.2, 0) is 4.79 Å². The largest absolute Gasteiger partial charge is 0.390 e. The predicted molar refractivity (Wildman–Crippen MR) is 115 cm³/mol. The van der Waals surface area contributed by atoms with Gasteiger partial charge in [0.15, 0.2) is 0 Å². The van der Waals surface area contributed by atoms with Crippen molar-refractivity contribution in [2.24, 2.45) is 46.3 Å². The van der Waals surface area contributed by atoms with Gasteiger partial charge in [0.25, 0.3) is 0 Å². The van der Waals surface area contributed by atoms with Crippen molar-refractivity contribution in [3.63, 3.8) is 0 Å². The first-order valence-corrected chi connectivity index (χ1v) is 12.3. The van der Waals surface area contributed by atoms with Gasteiger partial charge < -0.3 is 9.90 Å². The van der Waals surface area contributed by atoms with E-state index in [1.54, 1.807) is 6.92 Å². The van der Waals surface area contributed by atoms with E-state index in [2.05, 4.69) is 27.7 Å². The van der Waals surface area contributed by atoms with E-state index in [9.17, 15) is 9.90 Å². The highest BCUT2D eigenvalue weighted by Gasteiger charge is 2.61. The van der Waals surface area contributed by atoms with E-state index in [0.29, 0.717) is 22.5 Å². The van der Waals surface area contributed by atoms with Crippen molar-refractivity contribution in [1.82, 2.24) is 0 Å². The molecule has 2 heteroatoms. The Hall–Kier alpha value is -0.370. The third-order valence-electron chi connectivity index (χ3n) is 10.7. The lowest BCUT2D eigenvalue weighted by atomic mass is 9.43. The molecule has 0 aromatic heterocycles. The van der Waals surface area contributed by atoms with Gasteiger partial charge in [-0.05, 0) is 124 Å². The molecule has 160 valence electrons. The van der Waals surface area contributed by atoms with Gasteiger partial charge in [-0.2, -0.15) is 0 Å². The number of rotatable bonds is 4. The summed E-state index contributed by atoms with van der Waals surface area (Å²) in [5, 5.41) is 10.7. The Balaban J connectivity index is 1.51. The number of carbonyl (C=O) groups is 1. The summed E-state index contributed by atoms with van der Waals surface area (Å²) in [7, 11) is 0. The molecule has 0 heterocycles. The molecular weight excluding hydrogens is 344 g/mol. The molecule has 0 unspecified atom stereocenters. The van der Waals surface area contributed by atoms with Crippen LogP contribution in [0.4, 0.5) is 0 Å². The zero-order valence-electron chi connectivity index (χ0n) is 19.1. The van der Waals surface area contributed by atoms with Gasteiger partial charge in [0.05, 0.1) is 5.60 Å². The molecule has 4 fully saturated rings. The maximum atomic E-state index is 11.5. The number of fused-ring (bicyclic) bond motifs is 5. The maximum absolute atomic E-state index is 11.5. The fourth-order valence-electron chi connectivity index (χ4n) is 9.04. The van der Waals surface area contributed by atoms with Gasteiger partial charge in [-0.3, -0.25) is 0 Å². The zero-order chi connectivity index (χ0) is 20.3. The molecule has 0 spiro atoms. The minimum Gasteiger partial charge on any atom is -0.390 e. The van der Waals surface area contributed by atoms with Gasteiger partial charge in [0.2, 0.25) is 0 Å². The molecule has 2 nitrogen and oxygen atoms in total. The van der Waals surface area contributed by atoms with Crippen LogP contribution in [0, 0.1) is 46.3 Å². The molecule has 4 saturated carbocycles. The van der Waals surface area contributed by atoms with E-state index in [1.807, 2.05) is 0 Å². The van der Waals surface area contributed by atoms with Crippen LogP contribution in [0.3, 0.4) is 0 Å². The van der Waals surface area contributed by atoms with Crippen LogP contribution in [0.25, 0.3) is 0 Å².